The van der Waals surface area contributed by atoms with Gasteiger partial charge in [-0.1, -0.05) is 314 Å². The highest BCUT2D eigenvalue weighted by molar-refractivity contribution is 5.96. The van der Waals surface area contributed by atoms with Crippen LogP contribution in [0, 0.1) is 5.92 Å². The van der Waals surface area contributed by atoms with Crippen molar-refractivity contribution < 1.29 is 37.1 Å². The molecule has 10 aromatic rings. The molecule has 0 spiro atoms. The first-order valence-corrected chi connectivity index (χ1v) is 43.4. The zero-order chi connectivity index (χ0) is 84.5. The van der Waals surface area contributed by atoms with Crippen molar-refractivity contribution in [2.45, 2.75) is 156 Å². The number of carbonyl (C=O) groups is 5. The number of halogens is 3. The molecule has 13 rings (SSSR count). The van der Waals surface area contributed by atoms with Crippen LogP contribution >= 0.6 is 0 Å². The number of nitrogens with one attached hydrogen (secondary N) is 1. The summed E-state index contributed by atoms with van der Waals surface area (Å²) in [6.07, 6.45) is 11.5. The number of unbranched alkanes of at least 4 members (excludes halogenated alkanes) is 3. The Morgan fingerprint density at radius 1 is 0.375 bits per heavy atom. The van der Waals surface area contributed by atoms with E-state index in [4.69, 9.17) is 0 Å². The molecule has 1 N–H and O–H groups in total. The Labute approximate surface area is 711 Å². The summed E-state index contributed by atoms with van der Waals surface area (Å²) in [7, 11) is 0. The summed E-state index contributed by atoms with van der Waals surface area (Å²) in [5, 5.41) is 3.59. The number of rotatable bonds is 33. The zero-order valence-electron chi connectivity index (χ0n) is 70.8. The number of hydrogen-bond donors (Lipinski definition) is 1. The van der Waals surface area contributed by atoms with E-state index in [9.17, 15) is 37.1 Å². The van der Waals surface area contributed by atoms with Crippen LogP contribution < -0.4 is 5.32 Å². The zero-order valence-corrected chi connectivity index (χ0v) is 70.8. The van der Waals surface area contributed by atoms with E-state index >= 15 is 0 Å². The predicted molar refractivity (Wildman–Crippen MR) is 480 cm³/mol. The second-order valence-corrected chi connectivity index (χ2v) is 31.9. The summed E-state index contributed by atoms with van der Waals surface area (Å²) in [5.74, 6) is 0.0603. The van der Waals surface area contributed by atoms with E-state index in [2.05, 4.69) is 173 Å². The highest BCUT2D eigenvalue weighted by atomic mass is 19.4. The molecular formula is C104H123F3N8O5. The fourth-order valence-corrected chi connectivity index (χ4v) is 15.3. The molecule has 3 heterocycles. The summed E-state index contributed by atoms with van der Waals surface area (Å²) in [4.78, 5) is 80.0. The van der Waals surface area contributed by atoms with Gasteiger partial charge in [0.25, 0.3) is 0 Å². The van der Waals surface area contributed by atoms with Gasteiger partial charge in [-0.05, 0) is 136 Å². The molecule has 0 unspecified atom stereocenters. The summed E-state index contributed by atoms with van der Waals surface area (Å²) >= 11 is 0. The summed E-state index contributed by atoms with van der Waals surface area (Å²) in [5.41, 5.74) is 13.8. The van der Waals surface area contributed by atoms with Gasteiger partial charge in [0.2, 0.25) is 23.6 Å². The Bertz CT molecular complexity index is 4620. The van der Waals surface area contributed by atoms with Crippen molar-refractivity contribution in [3.8, 4) is 0 Å². The number of aryl methyl sites for hydroxylation is 3. The molecule has 630 valence electrons. The van der Waals surface area contributed by atoms with Crippen LogP contribution in [0.2, 0.25) is 0 Å². The number of nitrogens with zero attached hydrogens (tertiary/aromatic N) is 7. The second-order valence-electron chi connectivity index (χ2n) is 31.9. The van der Waals surface area contributed by atoms with Gasteiger partial charge >= 0.3 is 6.18 Å². The standard InChI is InChI=1S/C41H44F3N3O2.C31H39N3O.C21H26N2O.C11H14O/c1-2-3-10-32-15-17-36(18-16-32)31-47(39(48)24-21-33-19-22-37(23-20-33)41(42,43)44)38(29-34-11-6-4-7-12-34)40(49)46-27-25-45(26-28-46)30-35-13-8-5-9-14-35;1-2-3-10-26-15-17-28(18-16-26)24-32-30(23-27-11-6-4-7-12-27)31(35)34-21-19-33(20-22-34)25-29-13-8-5-9-14-29;1-18(16-19-8-4-2-5-9-19)21(24)23-14-12-22(13-15-23)17-20-10-6-3-7-11-20;1-2-3-4-10-5-7-11(9-12)8-6-10/h4-9,11-24,38H,2-3,10,25-31H2,1H3;4-9,11-18,30,32H,2-3,10,19-25H2,1H3;2-11,18H,12-17H2,1H3;5-9H,2-4H2,1H3/b24-21+;;;/t38-;30-;18-;/m000./s1. The number of alkyl halides is 3. The molecule has 4 amide bonds. The maximum absolute atomic E-state index is 14.5. The van der Waals surface area contributed by atoms with E-state index in [0.717, 1.165) is 159 Å². The Hall–Kier alpha value is -10.9. The Morgan fingerprint density at radius 2 is 0.708 bits per heavy atom. The number of carbonyl (C=O) groups excluding carboxylic acids is 5. The lowest BCUT2D eigenvalue weighted by atomic mass is 9.99. The van der Waals surface area contributed by atoms with Crippen LogP contribution in [0.4, 0.5) is 13.2 Å². The third-order valence-corrected chi connectivity index (χ3v) is 22.6. The van der Waals surface area contributed by atoms with Gasteiger partial charge < -0.3 is 24.9 Å². The lowest BCUT2D eigenvalue weighted by molar-refractivity contribution is -0.145. The molecule has 3 atom stereocenters. The van der Waals surface area contributed by atoms with Crippen LogP contribution in [0.25, 0.3) is 6.08 Å². The van der Waals surface area contributed by atoms with Crippen molar-refractivity contribution in [1.82, 2.24) is 39.6 Å². The number of amides is 4. The first-order chi connectivity index (χ1) is 58.5. The number of piperazine rings is 3. The highest BCUT2D eigenvalue weighted by Gasteiger charge is 2.36. The van der Waals surface area contributed by atoms with E-state index in [1.54, 1.807) is 4.90 Å². The first kappa shape index (κ1) is 91.4. The minimum absolute atomic E-state index is 0.0491. The number of hydrogen-bond acceptors (Lipinski definition) is 9. The molecule has 0 saturated carbocycles. The minimum Gasteiger partial charge on any atom is -0.340 e. The Kier molecular flexibility index (Phi) is 37.8. The summed E-state index contributed by atoms with van der Waals surface area (Å²) in [6.45, 7) is 21.8. The molecule has 0 radical (unpaired) electrons. The Balaban J connectivity index is 0.000000185. The fourth-order valence-electron chi connectivity index (χ4n) is 15.3. The molecule has 3 saturated heterocycles. The van der Waals surface area contributed by atoms with Gasteiger partial charge in [0, 0.05) is 135 Å². The largest absolute Gasteiger partial charge is 0.416 e. The van der Waals surface area contributed by atoms with Gasteiger partial charge in [-0.2, -0.15) is 13.2 Å². The second kappa shape index (κ2) is 49.6. The molecule has 0 bridgehead atoms. The third kappa shape index (κ3) is 31.0. The van der Waals surface area contributed by atoms with Crippen LogP contribution in [0.3, 0.4) is 0 Å². The molecule has 16 heteroatoms. The van der Waals surface area contributed by atoms with E-state index < -0.39 is 17.8 Å². The van der Waals surface area contributed by atoms with E-state index in [-0.39, 0.29) is 36.2 Å². The van der Waals surface area contributed by atoms with Crippen molar-refractivity contribution in [2.75, 3.05) is 78.5 Å². The van der Waals surface area contributed by atoms with Crippen molar-refractivity contribution in [3.05, 3.63) is 363 Å². The van der Waals surface area contributed by atoms with Crippen molar-refractivity contribution in [1.29, 1.82) is 0 Å². The first-order valence-electron chi connectivity index (χ1n) is 43.4. The maximum Gasteiger partial charge on any atom is 0.416 e. The SMILES string of the molecule is CCCCc1ccc(C=O)cc1.CCCCc1ccc(CN(C(=O)/C=C/c2ccc(C(F)(F)F)cc2)[C@@H](Cc2ccccc2)C(=O)N2CCN(Cc3ccccc3)CC2)cc1.CCCCc1ccc(CN[C@@H](Cc2ccccc2)C(=O)N2CCN(Cc3ccccc3)CC2)cc1.C[C@@H](Cc1ccccc1)C(=O)N1CCN(Cc2ccccc2)CC1. The highest BCUT2D eigenvalue weighted by Crippen LogP contribution is 2.30. The smallest absolute Gasteiger partial charge is 0.340 e. The molecule has 0 aliphatic carbocycles. The minimum atomic E-state index is -4.45. The quantitative estimate of drug-likeness (QED) is 0.0317. The van der Waals surface area contributed by atoms with E-state index in [1.807, 2.05) is 144 Å². The topological polar surface area (TPSA) is 120 Å². The van der Waals surface area contributed by atoms with Gasteiger partial charge in [0.15, 0.2) is 0 Å². The molecular weight excluding hydrogens is 1500 g/mol. The molecule has 3 aliphatic heterocycles. The van der Waals surface area contributed by atoms with Crippen LogP contribution in [0.5, 0.6) is 0 Å². The number of benzene rings is 10. The van der Waals surface area contributed by atoms with Gasteiger partial charge in [0.1, 0.15) is 12.3 Å². The molecule has 3 aliphatic rings. The summed E-state index contributed by atoms with van der Waals surface area (Å²) in [6, 6.07) is 90.2. The van der Waals surface area contributed by atoms with Gasteiger partial charge in [-0.3, -0.25) is 38.7 Å². The normalized spacial score (nSPS) is 14.7. The molecule has 13 nitrogen and oxygen atoms in total. The molecule has 3 fully saturated rings. The number of aldehydes is 1. The van der Waals surface area contributed by atoms with Crippen molar-refractivity contribution in [2.24, 2.45) is 5.92 Å². The third-order valence-electron chi connectivity index (χ3n) is 22.6. The monoisotopic (exact) mass is 1620 g/mol. The van der Waals surface area contributed by atoms with Gasteiger partial charge in [0.05, 0.1) is 11.6 Å². The van der Waals surface area contributed by atoms with Crippen molar-refractivity contribution in [3.63, 3.8) is 0 Å². The van der Waals surface area contributed by atoms with E-state index in [1.165, 1.54) is 100 Å². The lowest BCUT2D eigenvalue weighted by Crippen LogP contribution is -2.56. The fraction of sp³-hybridized carbons (Fsp3) is 0.356. The van der Waals surface area contributed by atoms with E-state index in [0.29, 0.717) is 43.9 Å². The molecule has 120 heavy (non-hydrogen) atoms. The average Bonchev–Trinajstić information content (AvgIpc) is 0.811. The molecule has 0 aromatic heterocycles. The van der Waals surface area contributed by atoms with Crippen LogP contribution in [0.1, 0.15) is 149 Å². The lowest BCUT2D eigenvalue weighted by Gasteiger charge is -2.39. The average molecular weight is 1620 g/mol. The van der Waals surface area contributed by atoms with Gasteiger partial charge in [-0.15, -0.1) is 0 Å². The maximum atomic E-state index is 14.5. The van der Waals surface area contributed by atoms with Crippen LogP contribution in [-0.2, 0) is 96.6 Å². The van der Waals surface area contributed by atoms with Gasteiger partial charge in [-0.25, -0.2) is 0 Å². The van der Waals surface area contributed by atoms with Crippen LogP contribution in [-0.4, -0.2) is 155 Å². The summed E-state index contributed by atoms with van der Waals surface area (Å²) < 4.78 is 39.4. The predicted octanol–water partition coefficient (Wildman–Crippen LogP) is 19.2. The van der Waals surface area contributed by atoms with Crippen molar-refractivity contribution >= 4 is 36.0 Å². The Morgan fingerprint density at radius 3 is 1.09 bits per heavy atom. The molecule has 10 aromatic carbocycles. The van der Waals surface area contributed by atoms with Crippen LogP contribution in [0.15, 0.2) is 285 Å².